The van der Waals surface area contributed by atoms with Gasteiger partial charge < -0.3 is 15.7 Å². The molecule has 0 aliphatic carbocycles. The molecule has 0 spiro atoms. The highest BCUT2D eigenvalue weighted by Gasteiger charge is 2.20. The summed E-state index contributed by atoms with van der Waals surface area (Å²) in [6.07, 6.45) is 2.03. The van der Waals surface area contributed by atoms with Gasteiger partial charge in [0, 0.05) is 31.6 Å². The van der Waals surface area contributed by atoms with Crippen LogP contribution in [0.25, 0.3) is 21.8 Å². The number of hydrogen-bond donors (Lipinski definition) is 3. The molecule has 0 fully saturated rings. The second kappa shape index (κ2) is 10.5. The third-order valence-corrected chi connectivity index (χ3v) is 8.31. The number of nitrogens with zero attached hydrogens (tertiary/aromatic N) is 1. The number of hydrogen-bond acceptors (Lipinski definition) is 4. The molecule has 2 atom stereocenters. The van der Waals surface area contributed by atoms with Crippen LogP contribution in [-0.4, -0.2) is 14.1 Å². The molecule has 0 amide bonds. The molecule has 4 aromatic rings. The molecule has 0 aliphatic rings. The number of halogens is 2. The molecular formula is C26H27I2N3O. The number of aliphatic hydroxyl groups excluding tert-OH is 1. The van der Waals surface area contributed by atoms with Crippen molar-refractivity contribution in [3.8, 4) is 0 Å². The average molecular weight is 651 g/mol. The molecule has 0 bridgehead atoms. The molecule has 3 aromatic carbocycles. The quantitative estimate of drug-likeness (QED) is 0.0781. The Labute approximate surface area is 216 Å². The van der Waals surface area contributed by atoms with Crippen LogP contribution in [0.2, 0.25) is 0 Å². The number of fused-ring (bicyclic) bond motifs is 2. The first kappa shape index (κ1) is 23.5. The monoisotopic (exact) mass is 651 g/mol. The summed E-state index contributed by atoms with van der Waals surface area (Å²) in [5.41, 5.74) is 7.23. The van der Waals surface area contributed by atoms with Gasteiger partial charge in [0.1, 0.15) is 0 Å². The van der Waals surface area contributed by atoms with Gasteiger partial charge in [-0.05, 0) is 42.7 Å². The summed E-state index contributed by atoms with van der Waals surface area (Å²) < 4.78 is 0.640. The van der Waals surface area contributed by atoms with Crippen molar-refractivity contribution in [2.75, 3.05) is 10.6 Å². The van der Waals surface area contributed by atoms with E-state index in [2.05, 4.69) is 118 Å². The van der Waals surface area contributed by atoms with Crippen molar-refractivity contribution in [3.63, 3.8) is 0 Å². The highest BCUT2D eigenvalue weighted by Crippen LogP contribution is 2.43. The van der Waals surface area contributed by atoms with E-state index in [9.17, 15) is 5.11 Å². The predicted octanol–water partition coefficient (Wildman–Crippen LogP) is 8.09. The summed E-state index contributed by atoms with van der Waals surface area (Å²) >= 11 is 4.97. The fraction of sp³-hybridized carbons (Fsp3) is 0.269. The predicted molar refractivity (Wildman–Crippen MR) is 154 cm³/mol. The summed E-state index contributed by atoms with van der Waals surface area (Å²) in [6, 6.07) is 20.7. The number of anilines is 3. The van der Waals surface area contributed by atoms with Gasteiger partial charge in [-0.15, -0.1) is 0 Å². The topological polar surface area (TPSA) is 57.2 Å². The van der Waals surface area contributed by atoms with Crippen LogP contribution in [0.5, 0.6) is 0 Å². The zero-order valence-corrected chi connectivity index (χ0v) is 22.5. The van der Waals surface area contributed by atoms with Gasteiger partial charge in [0.15, 0.2) is 0 Å². The van der Waals surface area contributed by atoms with E-state index in [0.717, 1.165) is 57.3 Å². The van der Waals surface area contributed by atoms with Crippen LogP contribution in [0.1, 0.15) is 41.7 Å². The van der Waals surface area contributed by atoms with E-state index in [-0.39, 0.29) is 6.61 Å². The number of aromatic nitrogens is 1. The molecule has 0 radical (unpaired) electrons. The molecule has 6 heteroatoms. The van der Waals surface area contributed by atoms with Crippen LogP contribution in [0, 0.1) is 0 Å². The third kappa shape index (κ3) is 4.82. The maximum atomic E-state index is 10.0. The lowest BCUT2D eigenvalue weighted by Gasteiger charge is -2.24. The molecule has 0 saturated heterocycles. The maximum absolute atomic E-state index is 10.0. The molecule has 4 rings (SSSR count). The lowest BCUT2D eigenvalue weighted by Crippen LogP contribution is -2.14. The summed E-state index contributed by atoms with van der Waals surface area (Å²) in [5.74, 6) is 0. The van der Waals surface area contributed by atoms with Gasteiger partial charge in [0.25, 0.3) is 0 Å². The number of aliphatic hydroxyl groups is 1. The van der Waals surface area contributed by atoms with Gasteiger partial charge in [-0.2, -0.15) is 0 Å². The van der Waals surface area contributed by atoms with Gasteiger partial charge in [-0.3, -0.25) is 0 Å². The minimum absolute atomic E-state index is 0.00243. The Balaban J connectivity index is 1.95. The number of alkyl halides is 2. The van der Waals surface area contributed by atoms with Crippen molar-refractivity contribution in [3.05, 3.63) is 71.8 Å². The highest BCUT2D eigenvalue weighted by molar-refractivity contribution is 14.1. The summed E-state index contributed by atoms with van der Waals surface area (Å²) in [4.78, 5) is 4.86. The minimum Gasteiger partial charge on any atom is -0.392 e. The smallest absolute Gasteiger partial charge is 0.0778 e. The van der Waals surface area contributed by atoms with Gasteiger partial charge in [-0.25, -0.2) is 4.98 Å². The van der Waals surface area contributed by atoms with E-state index in [1.807, 2.05) is 12.1 Å². The van der Waals surface area contributed by atoms with Gasteiger partial charge in [0.05, 0.1) is 27.4 Å². The Bertz CT molecular complexity index is 1190. The number of nitrogens with one attached hydrogen (secondary N) is 2. The largest absolute Gasteiger partial charge is 0.392 e. The molecule has 1 heterocycles. The molecule has 4 nitrogen and oxygen atoms in total. The van der Waals surface area contributed by atoms with Crippen molar-refractivity contribution in [2.24, 2.45) is 0 Å². The summed E-state index contributed by atoms with van der Waals surface area (Å²) in [5, 5.41) is 19.6. The number of rotatable bonds is 8. The van der Waals surface area contributed by atoms with Crippen LogP contribution in [0.3, 0.4) is 0 Å². The first-order valence-corrected chi connectivity index (χ1v) is 13.4. The van der Waals surface area contributed by atoms with Crippen molar-refractivity contribution < 1.29 is 5.11 Å². The van der Waals surface area contributed by atoms with E-state index in [4.69, 9.17) is 4.98 Å². The van der Waals surface area contributed by atoms with Crippen molar-refractivity contribution in [2.45, 2.75) is 41.3 Å². The van der Waals surface area contributed by atoms with Crippen molar-refractivity contribution >= 4 is 84.0 Å². The van der Waals surface area contributed by atoms with Crippen LogP contribution in [-0.2, 0) is 6.61 Å². The normalized spacial score (nSPS) is 13.3. The minimum atomic E-state index is -0.00243. The Hall–Kier alpha value is -1.65. The Kier molecular flexibility index (Phi) is 7.73. The number of pyridine rings is 1. The zero-order valence-electron chi connectivity index (χ0n) is 18.2. The molecule has 32 heavy (non-hydrogen) atoms. The van der Waals surface area contributed by atoms with Gasteiger partial charge in [-0.1, -0.05) is 95.4 Å². The van der Waals surface area contributed by atoms with Crippen molar-refractivity contribution in [1.29, 1.82) is 0 Å². The number of para-hydroxylation sites is 2. The van der Waals surface area contributed by atoms with Crippen LogP contribution < -0.4 is 10.6 Å². The zero-order chi connectivity index (χ0) is 22.7. The van der Waals surface area contributed by atoms with E-state index in [1.165, 1.54) is 5.56 Å². The molecule has 0 aliphatic heterocycles. The maximum Gasteiger partial charge on any atom is 0.0778 e. The van der Waals surface area contributed by atoms with E-state index in [1.54, 1.807) is 0 Å². The van der Waals surface area contributed by atoms with E-state index in [0.29, 0.717) is 7.97 Å². The van der Waals surface area contributed by atoms with Crippen LogP contribution >= 0.6 is 45.2 Å². The second-order valence-corrected chi connectivity index (χ2v) is 10.8. The molecule has 0 saturated carbocycles. The van der Waals surface area contributed by atoms with E-state index < -0.39 is 0 Å². The van der Waals surface area contributed by atoms with Crippen LogP contribution in [0.4, 0.5) is 17.1 Å². The fourth-order valence-corrected chi connectivity index (χ4v) is 4.96. The molecule has 2 unspecified atom stereocenters. The lowest BCUT2D eigenvalue weighted by atomic mass is 10.0. The molecule has 1 aromatic heterocycles. The summed E-state index contributed by atoms with van der Waals surface area (Å²) in [7, 11) is 0. The first-order valence-electron chi connectivity index (χ1n) is 10.9. The summed E-state index contributed by atoms with van der Waals surface area (Å²) in [6.45, 7) is 4.39. The van der Waals surface area contributed by atoms with Crippen molar-refractivity contribution in [1.82, 2.24) is 4.98 Å². The Morgan fingerprint density at radius 2 is 1.47 bits per heavy atom. The van der Waals surface area contributed by atoms with Gasteiger partial charge in [0.2, 0.25) is 0 Å². The standard InChI is InChI=1S/C26H27I2N3O/c1-3-19(27)25-22(30-24(28)4-2)13-16(15-32)14-23(25)31-26-17-9-5-7-11-20(17)29-21-12-8-6-10-18(21)26/h5-14,19,24,30,32H,3-4,15H2,1-2H3,(H,29,31). The SMILES string of the molecule is CCC(I)Nc1cc(CO)cc(Nc2c3ccccc3nc3ccccc23)c1C(I)CC. The van der Waals surface area contributed by atoms with Gasteiger partial charge >= 0.3 is 0 Å². The lowest BCUT2D eigenvalue weighted by molar-refractivity contribution is 0.282. The first-order chi connectivity index (χ1) is 15.5. The van der Waals surface area contributed by atoms with Crippen LogP contribution in [0.15, 0.2) is 60.7 Å². The Morgan fingerprint density at radius 3 is 2.03 bits per heavy atom. The average Bonchev–Trinajstić information content (AvgIpc) is 2.83. The van der Waals surface area contributed by atoms with E-state index >= 15 is 0 Å². The molecule has 3 N–H and O–H groups in total. The number of benzene rings is 3. The fourth-order valence-electron chi connectivity index (χ4n) is 3.95. The Morgan fingerprint density at radius 1 is 0.875 bits per heavy atom. The third-order valence-electron chi connectivity index (χ3n) is 5.61. The highest BCUT2D eigenvalue weighted by atomic mass is 127. The molecule has 166 valence electrons. The second-order valence-electron chi connectivity index (χ2n) is 7.80. The molecular weight excluding hydrogens is 624 g/mol.